The molecule has 0 atom stereocenters. The molecule has 2 heterocycles. The van der Waals surface area contributed by atoms with E-state index in [0.717, 1.165) is 51.3 Å². The summed E-state index contributed by atoms with van der Waals surface area (Å²) in [5, 5.41) is 2.89. The smallest absolute Gasteiger partial charge is 0.256 e. The average molecular weight is 410 g/mol. The lowest BCUT2D eigenvalue weighted by Crippen LogP contribution is -2.03. The van der Waals surface area contributed by atoms with Crippen LogP contribution in [0, 0.1) is 13.8 Å². The number of aldehydes is 1. The van der Waals surface area contributed by atoms with E-state index in [-0.39, 0.29) is 5.91 Å². The summed E-state index contributed by atoms with van der Waals surface area (Å²) in [4.78, 5) is 31.6. The number of nitrogens with one attached hydrogen (secondary N) is 2. The second kappa shape index (κ2) is 8.28. The maximum absolute atomic E-state index is 12.6. The Balaban J connectivity index is 1.72. The fourth-order valence-electron chi connectivity index (χ4n) is 3.64. The summed E-state index contributed by atoms with van der Waals surface area (Å²) in [6.45, 7) is 3.70. The number of aliphatic imine (C=N–C) groups is 1. The van der Waals surface area contributed by atoms with Crippen LogP contribution in [0.4, 0.5) is 11.4 Å². The molecule has 1 amide bonds. The van der Waals surface area contributed by atoms with Gasteiger partial charge in [-0.2, -0.15) is 0 Å². The van der Waals surface area contributed by atoms with Crippen LogP contribution >= 0.6 is 0 Å². The van der Waals surface area contributed by atoms with Gasteiger partial charge < -0.3 is 16.0 Å². The first-order valence-electron chi connectivity index (χ1n) is 9.85. The van der Waals surface area contributed by atoms with Crippen molar-refractivity contribution < 1.29 is 9.59 Å². The van der Waals surface area contributed by atoms with E-state index in [1.807, 2.05) is 62.4 Å². The van der Waals surface area contributed by atoms with Crippen molar-refractivity contribution >= 4 is 47.0 Å². The SMILES string of the molecule is Cc1[nH]c(/C=C2\C(=O)Nc3ccc(C(C=Nc4ccccc4)=CN)cc32)c(C)c1C=O. The number of allylic oxidation sites excluding steroid dienone is 1. The number of para-hydroxylation sites is 1. The lowest BCUT2D eigenvalue weighted by Gasteiger charge is -2.05. The van der Waals surface area contributed by atoms with E-state index >= 15 is 0 Å². The highest BCUT2D eigenvalue weighted by Gasteiger charge is 2.25. The molecule has 154 valence electrons. The third kappa shape index (κ3) is 3.83. The number of carbonyl (C=O) groups excluding carboxylic acids is 2. The zero-order chi connectivity index (χ0) is 22.0. The molecule has 4 N–H and O–H groups in total. The first-order valence-corrected chi connectivity index (χ1v) is 9.85. The van der Waals surface area contributed by atoms with Crippen molar-refractivity contribution in [3.8, 4) is 0 Å². The number of anilines is 1. The van der Waals surface area contributed by atoms with Crippen molar-refractivity contribution in [3.63, 3.8) is 0 Å². The number of carbonyl (C=O) groups is 2. The Labute approximate surface area is 180 Å². The number of H-pyrrole nitrogens is 1. The van der Waals surface area contributed by atoms with Crippen LogP contribution in [-0.4, -0.2) is 23.4 Å². The number of aromatic nitrogens is 1. The van der Waals surface area contributed by atoms with Gasteiger partial charge in [-0.05, 0) is 55.3 Å². The largest absolute Gasteiger partial charge is 0.404 e. The molecular weight excluding hydrogens is 388 g/mol. The number of benzene rings is 2. The molecule has 0 fully saturated rings. The minimum absolute atomic E-state index is 0.192. The van der Waals surface area contributed by atoms with Crippen LogP contribution in [0.5, 0.6) is 0 Å². The molecule has 1 aliphatic rings. The number of amides is 1. The van der Waals surface area contributed by atoms with Gasteiger partial charge in [0.15, 0.2) is 6.29 Å². The fraction of sp³-hybridized carbons (Fsp3) is 0.0800. The molecule has 0 aliphatic carbocycles. The van der Waals surface area contributed by atoms with Crippen molar-refractivity contribution in [1.82, 2.24) is 4.98 Å². The van der Waals surface area contributed by atoms with E-state index in [2.05, 4.69) is 15.3 Å². The minimum Gasteiger partial charge on any atom is -0.404 e. The number of rotatable bonds is 5. The average Bonchev–Trinajstić information content (AvgIpc) is 3.24. The maximum Gasteiger partial charge on any atom is 0.256 e. The summed E-state index contributed by atoms with van der Waals surface area (Å²) in [7, 11) is 0. The Bertz CT molecular complexity index is 1260. The van der Waals surface area contributed by atoms with E-state index < -0.39 is 0 Å². The molecule has 2 aromatic carbocycles. The Hall–Kier alpha value is -4.19. The Kier molecular flexibility index (Phi) is 5.37. The van der Waals surface area contributed by atoms with Crippen LogP contribution < -0.4 is 11.1 Å². The standard InChI is InChI=1S/C25H22N4O2/c1-15-22(14-30)16(2)28-24(15)11-21-20-10-17(8-9-23(20)29-25(21)31)18(12-26)13-27-19-6-4-3-5-7-19/h3-14,28H,26H2,1-2H3,(H,29,31)/b18-12?,21-11-,27-13?. The van der Waals surface area contributed by atoms with Crippen LogP contribution in [0.15, 0.2) is 59.7 Å². The zero-order valence-electron chi connectivity index (χ0n) is 17.3. The van der Waals surface area contributed by atoms with Crippen LogP contribution in [0.1, 0.15) is 38.4 Å². The number of hydrogen-bond acceptors (Lipinski definition) is 4. The van der Waals surface area contributed by atoms with Gasteiger partial charge in [0.1, 0.15) is 0 Å². The van der Waals surface area contributed by atoms with Crippen LogP contribution in [0.25, 0.3) is 17.2 Å². The molecule has 0 radical (unpaired) electrons. The second-order valence-electron chi connectivity index (χ2n) is 7.31. The maximum atomic E-state index is 12.6. The summed E-state index contributed by atoms with van der Waals surface area (Å²) in [6.07, 6.45) is 5.81. The molecule has 31 heavy (non-hydrogen) atoms. The molecule has 0 saturated heterocycles. The van der Waals surface area contributed by atoms with Crippen molar-refractivity contribution in [2.45, 2.75) is 13.8 Å². The van der Waals surface area contributed by atoms with Gasteiger partial charge in [0.2, 0.25) is 0 Å². The van der Waals surface area contributed by atoms with Crippen LogP contribution in [-0.2, 0) is 4.79 Å². The molecule has 0 saturated carbocycles. The molecule has 6 heteroatoms. The Morgan fingerprint density at radius 2 is 1.87 bits per heavy atom. The van der Waals surface area contributed by atoms with Gasteiger partial charge >= 0.3 is 0 Å². The summed E-state index contributed by atoms with van der Waals surface area (Å²) in [5.74, 6) is -0.192. The van der Waals surface area contributed by atoms with E-state index in [0.29, 0.717) is 11.1 Å². The molecular formula is C25H22N4O2. The summed E-state index contributed by atoms with van der Waals surface area (Å²) < 4.78 is 0. The summed E-state index contributed by atoms with van der Waals surface area (Å²) in [5.41, 5.74) is 13.2. The monoisotopic (exact) mass is 410 g/mol. The van der Waals surface area contributed by atoms with Gasteiger partial charge in [-0.25, -0.2) is 0 Å². The summed E-state index contributed by atoms with van der Waals surface area (Å²) in [6, 6.07) is 15.3. The highest BCUT2D eigenvalue weighted by Crippen LogP contribution is 2.35. The van der Waals surface area contributed by atoms with Gasteiger partial charge in [0.05, 0.1) is 11.3 Å². The number of fused-ring (bicyclic) bond motifs is 1. The number of nitrogens with zero attached hydrogens (tertiary/aromatic N) is 1. The third-order valence-electron chi connectivity index (χ3n) is 5.37. The van der Waals surface area contributed by atoms with Gasteiger partial charge in [-0.1, -0.05) is 24.3 Å². The van der Waals surface area contributed by atoms with Gasteiger partial charge in [-0.3, -0.25) is 14.6 Å². The predicted molar refractivity (Wildman–Crippen MR) is 125 cm³/mol. The molecule has 3 aromatic rings. The molecule has 0 unspecified atom stereocenters. The lowest BCUT2D eigenvalue weighted by atomic mass is 9.99. The topological polar surface area (TPSA) is 100 Å². The van der Waals surface area contributed by atoms with Crippen molar-refractivity contribution in [3.05, 3.63) is 88.4 Å². The molecule has 6 nitrogen and oxygen atoms in total. The second-order valence-corrected chi connectivity index (χ2v) is 7.31. The Morgan fingerprint density at radius 3 is 2.55 bits per heavy atom. The zero-order valence-corrected chi connectivity index (χ0v) is 17.3. The third-order valence-corrected chi connectivity index (χ3v) is 5.37. The molecule has 4 rings (SSSR count). The highest BCUT2D eigenvalue weighted by atomic mass is 16.2. The predicted octanol–water partition coefficient (Wildman–Crippen LogP) is 4.64. The van der Waals surface area contributed by atoms with Gasteiger partial charge in [0.25, 0.3) is 5.91 Å². The van der Waals surface area contributed by atoms with Crippen molar-refractivity contribution in [2.75, 3.05) is 5.32 Å². The summed E-state index contributed by atoms with van der Waals surface area (Å²) >= 11 is 0. The number of aryl methyl sites for hydroxylation is 1. The molecule has 0 bridgehead atoms. The first kappa shape index (κ1) is 20.1. The van der Waals surface area contributed by atoms with Crippen molar-refractivity contribution in [2.24, 2.45) is 10.7 Å². The van der Waals surface area contributed by atoms with Crippen LogP contribution in [0.2, 0.25) is 0 Å². The van der Waals surface area contributed by atoms with Crippen molar-refractivity contribution in [1.29, 1.82) is 0 Å². The normalized spacial score (nSPS) is 14.8. The van der Waals surface area contributed by atoms with Crippen LogP contribution in [0.3, 0.4) is 0 Å². The molecule has 1 aliphatic heterocycles. The Morgan fingerprint density at radius 1 is 1.10 bits per heavy atom. The van der Waals surface area contributed by atoms with E-state index in [4.69, 9.17) is 5.73 Å². The number of nitrogens with two attached hydrogens (primary N) is 1. The minimum atomic E-state index is -0.192. The van der Waals surface area contributed by atoms with E-state index in [9.17, 15) is 9.59 Å². The number of aromatic amines is 1. The van der Waals surface area contributed by atoms with E-state index in [1.54, 1.807) is 12.3 Å². The molecule has 1 aromatic heterocycles. The van der Waals surface area contributed by atoms with Gasteiger partial charge in [-0.15, -0.1) is 0 Å². The highest BCUT2D eigenvalue weighted by molar-refractivity contribution is 6.35. The lowest BCUT2D eigenvalue weighted by molar-refractivity contribution is -0.110. The van der Waals surface area contributed by atoms with E-state index in [1.165, 1.54) is 6.20 Å². The molecule has 0 spiro atoms. The quantitative estimate of drug-likeness (QED) is 0.324. The first-order chi connectivity index (χ1) is 15.0. The number of hydrogen-bond donors (Lipinski definition) is 3. The van der Waals surface area contributed by atoms with Gasteiger partial charge in [0, 0.05) is 46.2 Å². The fourth-order valence-corrected chi connectivity index (χ4v) is 3.64.